The Hall–Kier alpha value is 0.844. The van der Waals surface area contributed by atoms with Gasteiger partial charge in [-0.25, -0.2) is 0 Å². The molecule has 1 heteroatoms. The molecule has 0 rings (SSSR count). The second kappa shape index (κ2) is 40.3. The van der Waals surface area contributed by atoms with Gasteiger partial charge in [-0.2, -0.15) is 6.92 Å². The molecule has 35 valence electrons. The van der Waals surface area contributed by atoms with Gasteiger partial charge in [-0.05, 0) is 0 Å². The second-order valence-electron chi connectivity index (χ2n) is 0.333. The summed E-state index contributed by atoms with van der Waals surface area (Å²) in [6.07, 6.45) is 1.50. The Balaban J connectivity index is -0.0000000275. The molecule has 0 spiro atoms. The van der Waals surface area contributed by atoms with Crippen LogP contribution in [-0.4, -0.2) is 0 Å². The molecule has 0 saturated heterocycles. The summed E-state index contributed by atoms with van der Waals surface area (Å²) >= 11 is 0. The molecule has 0 aliphatic carbocycles. The molecule has 0 heterocycles. The van der Waals surface area contributed by atoms with E-state index in [1.165, 1.54) is 6.08 Å². The minimum atomic E-state index is 0. The number of hydrogen-bond donors (Lipinski definition) is 0. The van der Waals surface area contributed by atoms with Gasteiger partial charge in [-0.3, -0.25) is 6.08 Å². The Morgan fingerprint density at radius 1 is 1.50 bits per heavy atom. The third kappa shape index (κ3) is 100. The van der Waals surface area contributed by atoms with Crippen molar-refractivity contribution in [3.8, 4) is 0 Å². The van der Waals surface area contributed by atoms with Crippen LogP contribution in [0.15, 0.2) is 6.08 Å². The standard InChI is InChI=1S/C3H5.C2H5.Y/c1-3-2;1-2;/h1,3H,2H3;1H2,2H3;/q2*-1;. The molecule has 0 bridgehead atoms. The Kier molecular flexibility index (Phi) is 106. The third-order valence-corrected chi connectivity index (χ3v) is 0. The minimum Gasteiger partial charge on any atom is -0.518 e. The molecule has 6 heavy (non-hydrogen) atoms. The van der Waals surface area contributed by atoms with Crippen LogP contribution in [-0.2, 0) is 32.7 Å². The van der Waals surface area contributed by atoms with Crippen LogP contribution < -0.4 is 0 Å². The molecule has 0 aliphatic heterocycles. The van der Waals surface area contributed by atoms with E-state index in [9.17, 15) is 0 Å². The number of rotatable bonds is 0. The molecule has 0 saturated carbocycles. The van der Waals surface area contributed by atoms with E-state index in [2.05, 4.69) is 6.92 Å². The van der Waals surface area contributed by atoms with E-state index >= 15 is 0 Å². The molecular weight excluding hydrogens is 149 g/mol. The van der Waals surface area contributed by atoms with E-state index in [1.807, 2.05) is 0 Å². The van der Waals surface area contributed by atoms with Crippen LogP contribution >= 0.6 is 0 Å². The van der Waals surface area contributed by atoms with Gasteiger partial charge in [0.2, 0.25) is 0 Å². The molecule has 0 N–H and O–H groups in total. The first-order valence-corrected chi connectivity index (χ1v) is 1.62. The van der Waals surface area contributed by atoms with E-state index < -0.39 is 0 Å². The second-order valence-corrected chi connectivity index (χ2v) is 0.333. The summed E-state index contributed by atoms with van der Waals surface area (Å²) in [7, 11) is 0. The van der Waals surface area contributed by atoms with Gasteiger partial charge >= 0.3 is 0 Å². The van der Waals surface area contributed by atoms with Crippen molar-refractivity contribution in [2.75, 3.05) is 0 Å². The first-order valence-electron chi connectivity index (χ1n) is 1.62. The molecule has 0 aromatic carbocycles. The van der Waals surface area contributed by atoms with Gasteiger partial charge in [0.05, 0.1) is 0 Å². The fourth-order valence-electron chi connectivity index (χ4n) is 0. The largest absolute Gasteiger partial charge is 0.518 e. The molecular formula is C5H10Y-2. The molecule has 0 amide bonds. The van der Waals surface area contributed by atoms with Crippen molar-refractivity contribution in [1.29, 1.82) is 0 Å². The Morgan fingerprint density at radius 3 is 1.50 bits per heavy atom. The summed E-state index contributed by atoms with van der Waals surface area (Å²) < 4.78 is 0. The van der Waals surface area contributed by atoms with E-state index in [0.717, 1.165) is 0 Å². The number of allylic oxidation sites excluding steroid dienone is 1. The summed E-state index contributed by atoms with van der Waals surface area (Å²) in [4.78, 5) is 0. The van der Waals surface area contributed by atoms with Gasteiger partial charge in [0.1, 0.15) is 0 Å². The van der Waals surface area contributed by atoms with Crippen molar-refractivity contribution in [1.82, 2.24) is 0 Å². The first-order chi connectivity index (χ1) is 2.41. The summed E-state index contributed by atoms with van der Waals surface area (Å²) in [6, 6.07) is 0. The van der Waals surface area contributed by atoms with Gasteiger partial charge in [0.15, 0.2) is 0 Å². The van der Waals surface area contributed by atoms with Crippen molar-refractivity contribution < 1.29 is 32.7 Å². The van der Waals surface area contributed by atoms with Gasteiger partial charge < -0.3 is 13.5 Å². The first kappa shape index (κ1) is 15.8. The van der Waals surface area contributed by atoms with E-state index in [0.29, 0.717) is 0 Å². The Bertz CT molecular complexity index is 11.4. The molecule has 0 fully saturated rings. The van der Waals surface area contributed by atoms with E-state index in [1.54, 1.807) is 13.8 Å². The molecule has 0 aliphatic rings. The molecule has 1 radical (unpaired) electrons. The normalized spacial score (nSPS) is 3.17. The maximum atomic E-state index is 4.72. The van der Waals surface area contributed by atoms with Crippen molar-refractivity contribution in [3.63, 3.8) is 0 Å². The number of hydrogen-bond acceptors (Lipinski definition) is 0. The monoisotopic (exact) mass is 159 g/mol. The molecule has 0 atom stereocenters. The zero-order chi connectivity index (χ0) is 4.71. The minimum absolute atomic E-state index is 0. The van der Waals surface area contributed by atoms with Gasteiger partial charge in [-0.1, -0.05) is 6.92 Å². The summed E-state index contributed by atoms with van der Waals surface area (Å²) in [6.45, 7) is 11.5. The maximum Gasteiger partial charge on any atom is 0 e. The fraction of sp³-hybridized carbons (Fsp3) is 0.400. The van der Waals surface area contributed by atoms with Crippen molar-refractivity contribution in [3.05, 3.63) is 19.6 Å². The zero-order valence-electron chi connectivity index (χ0n) is 4.44. The van der Waals surface area contributed by atoms with Gasteiger partial charge in [0, 0.05) is 32.7 Å². The zero-order valence-corrected chi connectivity index (χ0v) is 7.28. The molecule has 0 aromatic heterocycles. The average molecular weight is 159 g/mol. The SMILES string of the molecule is [CH-]=CC.[CH2-]C.[Y]. The Morgan fingerprint density at radius 2 is 1.50 bits per heavy atom. The summed E-state index contributed by atoms with van der Waals surface area (Å²) in [5, 5.41) is 0. The topological polar surface area (TPSA) is 0 Å². The Labute approximate surface area is 65.9 Å². The fourth-order valence-corrected chi connectivity index (χ4v) is 0. The predicted octanol–water partition coefficient (Wildman–Crippen LogP) is 1.83. The third-order valence-electron chi connectivity index (χ3n) is 0. The van der Waals surface area contributed by atoms with Crippen molar-refractivity contribution >= 4 is 0 Å². The van der Waals surface area contributed by atoms with Crippen LogP contribution in [0.3, 0.4) is 0 Å². The van der Waals surface area contributed by atoms with E-state index in [4.69, 9.17) is 6.58 Å². The molecule has 0 nitrogen and oxygen atoms in total. The summed E-state index contributed by atoms with van der Waals surface area (Å²) in [5.41, 5.74) is 0. The van der Waals surface area contributed by atoms with Crippen LogP contribution in [0.1, 0.15) is 13.8 Å². The van der Waals surface area contributed by atoms with E-state index in [-0.39, 0.29) is 32.7 Å². The van der Waals surface area contributed by atoms with Gasteiger partial charge in [-0.15, -0.1) is 0 Å². The van der Waals surface area contributed by atoms with Crippen molar-refractivity contribution in [2.24, 2.45) is 0 Å². The van der Waals surface area contributed by atoms with Crippen molar-refractivity contribution in [2.45, 2.75) is 13.8 Å². The van der Waals surface area contributed by atoms with Crippen LogP contribution in [0.4, 0.5) is 0 Å². The van der Waals surface area contributed by atoms with Crippen LogP contribution in [0.2, 0.25) is 0 Å². The predicted molar refractivity (Wildman–Crippen MR) is 25.6 cm³/mol. The van der Waals surface area contributed by atoms with Crippen LogP contribution in [0.25, 0.3) is 0 Å². The average Bonchev–Trinajstić information content (AvgIpc) is 1.46. The molecule has 0 unspecified atom stereocenters. The quantitative estimate of drug-likeness (QED) is 0.473. The maximum absolute atomic E-state index is 4.72. The molecule has 0 aromatic rings. The van der Waals surface area contributed by atoms with Crippen LogP contribution in [0, 0.1) is 13.5 Å². The van der Waals surface area contributed by atoms with Crippen LogP contribution in [0.5, 0.6) is 0 Å². The summed E-state index contributed by atoms with van der Waals surface area (Å²) in [5.74, 6) is 0. The van der Waals surface area contributed by atoms with Gasteiger partial charge in [0.25, 0.3) is 0 Å². The smallest absolute Gasteiger partial charge is 0 e.